The summed E-state index contributed by atoms with van der Waals surface area (Å²) in [5, 5.41) is 0. The summed E-state index contributed by atoms with van der Waals surface area (Å²) in [7, 11) is 0. The summed E-state index contributed by atoms with van der Waals surface area (Å²) in [6.07, 6.45) is 1.27. The lowest BCUT2D eigenvalue weighted by Gasteiger charge is -2.49. The van der Waals surface area contributed by atoms with Crippen LogP contribution in [0, 0.1) is 5.41 Å². The molecular weight excluding hydrogens is 224 g/mol. The molecule has 2 N–H and O–H groups in total. The molecule has 0 heterocycles. The van der Waals surface area contributed by atoms with E-state index in [1.165, 1.54) is 0 Å². The minimum absolute atomic E-state index is 0.0788. The maximum atomic E-state index is 6.06. The van der Waals surface area contributed by atoms with Crippen LogP contribution in [0.5, 0.6) is 0 Å². The molecule has 1 saturated carbocycles. The standard InChI is InChI=1S/C15H22N2O/c1-4-18-13-10-12(15(13,2)3)17-14(16)11-8-6-5-7-9-11/h5-9,12-13H,4,10H2,1-3H3,(H2,16,17). The zero-order valence-electron chi connectivity index (χ0n) is 11.4. The molecule has 0 amide bonds. The molecule has 1 aromatic carbocycles. The Kier molecular flexibility index (Phi) is 3.71. The fourth-order valence-corrected chi connectivity index (χ4v) is 2.42. The van der Waals surface area contributed by atoms with E-state index >= 15 is 0 Å². The lowest BCUT2D eigenvalue weighted by Crippen LogP contribution is -2.54. The molecular formula is C15H22N2O. The summed E-state index contributed by atoms with van der Waals surface area (Å²) < 4.78 is 5.70. The fourth-order valence-electron chi connectivity index (χ4n) is 2.42. The van der Waals surface area contributed by atoms with Gasteiger partial charge in [0.2, 0.25) is 0 Å². The monoisotopic (exact) mass is 246 g/mol. The lowest BCUT2D eigenvalue weighted by molar-refractivity contribution is -0.103. The highest BCUT2D eigenvalue weighted by Gasteiger charge is 2.49. The van der Waals surface area contributed by atoms with Crippen LogP contribution in [-0.4, -0.2) is 24.6 Å². The van der Waals surface area contributed by atoms with Crippen molar-refractivity contribution in [3.05, 3.63) is 35.9 Å². The minimum atomic E-state index is 0.0788. The first-order valence-electron chi connectivity index (χ1n) is 6.56. The van der Waals surface area contributed by atoms with E-state index in [0.29, 0.717) is 11.9 Å². The van der Waals surface area contributed by atoms with Crippen molar-refractivity contribution in [2.24, 2.45) is 16.1 Å². The van der Waals surface area contributed by atoms with Crippen molar-refractivity contribution in [3.63, 3.8) is 0 Å². The first kappa shape index (κ1) is 13.1. The third-order valence-corrected chi connectivity index (χ3v) is 3.86. The molecule has 0 aromatic heterocycles. The summed E-state index contributed by atoms with van der Waals surface area (Å²) >= 11 is 0. The van der Waals surface area contributed by atoms with E-state index in [2.05, 4.69) is 18.8 Å². The Balaban J connectivity index is 2.07. The van der Waals surface area contributed by atoms with Crippen LogP contribution in [0.15, 0.2) is 35.3 Å². The number of hydrogen-bond acceptors (Lipinski definition) is 2. The van der Waals surface area contributed by atoms with Crippen molar-refractivity contribution in [3.8, 4) is 0 Å². The molecule has 1 aliphatic rings. The van der Waals surface area contributed by atoms with E-state index < -0.39 is 0 Å². The van der Waals surface area contributed by atoms with Crippen molar-refractivity contribution < 1.29 is 4.74 Å². The van der Waals surface area contributed by atoms with Gasteiger partial charge < -0.3 is 10.5 Å². The molecule has 3 nitrogen and oxygen atoms in total. The van der Waals surface area contributed by atoms with E-state index in [0.717, 1.165) is 18.6 Å². The Hall–Kier alpha value is -1.35. The molecule has 1 aliphatic carbocycles. The quantitative estimate of drug-likeness (QED) is 0.655. The molecule has 98 valence electrons. The smallest absolute Gasteiger partial charge is 0.125 e. The highest BCUT2D eigenvalue weighted by atomic mass is 16.5. The molecule has 0 aliphatic heterocycles. The largest absolute Gasteiger partial charge is 0.383 e. The van der Waals surface area contributed by atoms with Crippen LogP contribution < -0.4 is 5.73 Å². The molecule has 0 spiro atoms. The zero-order chi connectivity index (χ0) is 13.2. The van der Waals surface area contributed by atoms with Gasteiger partial charge in [-0.3, -0.25) is 4.99 Å². The highest BCUT2D eigenvalue weighted by molar-refractivity contribution is 5.97. The zero-order valence-corrected chi connectivity index (χ0v) is 11.4. The number of rotatable bonds is 4. The van der Waals surface area contributed by atoms with Gasteiger partial charge in [-0.15, -0.1) is 0 Å². The number of benzene rings is 1. The average molecular weight is 246 g/mol. The van der Waals surface area contributed by atoms with Crippen molar-refractivity contribution in [1.82, 2.24) is 0 Å². The van der Waals surface area contributed by atoms with Crippen molar-refractivity contribution >= 4 is 5.84 Å². The molecule has 0 radical (unpaired) electrons. The van der Waals surface area contributed by atoms with Gasteiger partial charge in [0, 0.05) is 17.6 Å². The second-order valence-electron chi connectivity index (χ2n) is 5.40. The maximum absolute atomic E-state index is 6.06. The summed E-state index contributed by atoms with van der Waals surface area (Å²) in [6, 6.07) is 10.2. The van der Waals surface area contributed by atoms with E-state index in [9.17, 15) is 0 Å². The first-order valence-corrected chi connectivity index (χ1v) is 6.56. The Morgan fingerprint density at radius 3 is 2.61 bits per heavy atom. The summed E-state index contributed by atoms with van der Waals surface area (Å²) in [4.78, 5) is 4.65. The molecule has 18 heavy (non-hydrogen) atoms. The molecule has 0 saturated heterocycles. The number of amidine groups is 1. The first-order chi connectivity index (χ1) is 8.55. The molecule has 3 heteroatoms. The van der Waals surface area contributed by atoms with Crippen LogP contribution in [0.25, 0.3) is 0 Å². The molecule has 1 fully saturated rings. The third-order valence-electron chi connectivity index (χ3n) is 3.86. The van der Waals surface area contributed by atoms with Gasteiger partial charge in [-0.2, -0.15) is 0 Å². The second kappa shape index (κ2) is 5.11. The highest BCUT2D eigenvalue weighted by Crippen LogP contribution is 2.44. The SMILES string of the molecule is CCOC1CC(N=C(N)c2ccccc2)C1(C)C. The van der Waals surface area contributed by atoms with Crippen LogP contribution in [0.3, 0.4) is 0 Å². The molecule has 2 rings (SSSR count). The predicted molar refractivity (Wildman–Crippen MR) is 74.8 cm³/mol. The number of aliphatic imine (C=N–C) groups is 1. The Bertz CT molecular complexity index is 425. The number of nitrogens with zero attached hydrogens (tertiary/aromatic N) is 1. The van der Waals surface area contributed by atoms with E-state index in [1.807, 2.05) is 37.3 Å². The minimum Gasteiger partial charge on any atom is -0.383 e. The Labute approximate surface area is 109 Å². The maximum Gasteiger partial charge on any atom is 0.125 e. The van der Waals surface area contributed by atoms with Gasteiger partial charge >= 0.3 is 0 Å². The third kappa shape index (κ3) is 2.41. The van der Waals surface area contributed by atoms with Gasteiger partial charge in [0.15, 0.2) is 0 Å². The van der Waals surface area contributed by atoms with Crippen LogP contribution in [0.1, 0.15) is 32.8 Å². The van der Waals surface area contributed by atoms with Gasteiger partial charge in [-0.05, 0) is 13.3 Å². The van der Waals surface area contributed by atoms with Crippen molar-refractivity contribution in [2.45, 2.75) is 39.3 Å². The Morgan fingerprint density at radius 1 is 1.39 bits per heavy atom. The lowest BCUT2D eigenvalue weighted by atomic mass is 9.64. The van der Waals surface area contributed by atoms with Gasteiger partial charge in [0.05, 0.1) is 12.1 Å². The van der Waals surface area contributed by atoms with Crippen LogP contribution in [0.4, 0.5) is 0 Å². The van der Waals surface area contributed by atoms with Crippen LogP contribution in [0.2, 0.25) is 0 Å². The van der Waals surface area contributed by atoms with Crippen LogP contribution in [-0.2, 0) is 4.74 Å². The van der Waals surface area contributed by atoms with Gasteiger partial charge in [-0.25, -0.2) is 0 Å². The Morgan fingerprint density at radius 2 is 2.06 bits per heavy atom. The average Bonchev–Trinajstić information content (AvgIpc) is 2.38. The number of ether oxygens (including phenoxy) is 1. The summed E-state index contributed by atoms with van der Waals surface area (Å²) in [5.74, 6) is 0.628. The predicted octanol–water partition coefficient (Wildman–Crippen LogP) is 2.60. The fraction of sp³-hybridized carbons (Fsp3) is 0.533. The van der Waals surface area contributed by atoms with Gasteiger partial charge in [0.1, 0.15) is 5.84 Å². The number of nitrogens with two attached hydrogens (primary N) is 1. The molecule has 0 bridgehead atoms. The van der Waals surface area contributed by atoms with Crippen LogP contribution >= 0.6 is 0 Å². The van der Waals surface area contributed by atoms with Gasteiger partial charge in [-0.1, -0.05) is 44.2 Å². The van der Waals surface area contributed by atoms with E-state index in [4.69, 9.17) is 10.5 Å². The van der Waals surface area contributed by atoms with Gasteiger partial charge in [0.25, 0.3) is 0 Å². The van der Waals surface area contributed by atoms with E-state index in [-0.39, 0.29) is 11.5 Å². The topological polar surface area (TPSA) is 47.6 Å². The molecule has 1 aromatic rings. The summed E-state index contributed by atoms with van der Waals surface area (Å²) in [5.41, 5.74) is 7.13. The van der Waals surface area contributed by atoms with Crippen molar-refractivity contribution in [1.29, 1.82) is 0 Å². The molecule has 2 atom stereocenters. The second-order valence-corrected chi connectivity index (χ2v) is 5.40. The van der Waals surface area contributed by atoms with Crippen molar-refractivity contribution in [2.75, 3.05) is 6.61 Å². The summed E-state index contributed by atoms with van der Waals surface area (Å²) in [6.45, 7) is 7.19. The number of hydrogen-bond donors (Lipinski definition) is 1. The normalized spacial score (nSPS) is 26.7. The van der Waals surface area contributed by atoms with E-state index in [1.54, 1.807) is 0 Å². The molecule has 2 unspecified atom stereocenters.